The zero-order valence-electron chi connectivity index (χ0n) is 10.5. The molecule has 0 radical (unpaired) electrons. The lowest BCUT2D eigenvalue weighted by Gasteiger charge is -2.14. The van der Waals surface area contributed by atoms with E-state index in [9.17, 15) is 4.79 Å². The van der Waals surface area contributed by atoms with Gasteiger partial charge in [-0.15, -0.1) is 0 Å². The van der Waals surface area contributed by atoms with Gasteiger partial charge in [-0.05, 0) is 38.1 Å². The average Bonchev–Trinajstić information content (AvgIpc) is 2.40. The summed E-state index contributed by atoms with van der Waals surface area (Å²) >= 11 is 0. The third-order valence-corrected chi connectivity index (χ3v) is 2.66. The van der Waals surface area contributed by atoms with E-state index in [4.69, 9.17) is 4.74 Å². The van der Waals surface area contributed by atoms with E-state index in [1.54, 1.807) is 25.3 Å². The Kier molecular flexibility index (Phi) is 3.72. The first-order valence-electron chi connectivity index (χ1n) is 5.85. The summed E-state index contributed by atoms with van der Waals surface area (Å²) in [4.78, 5) is 15.5. The summed E-state index contributed by atoms with van der Waals surface area (Å²) in [6, 6.07) is 12.9. The molecule has 0 amide bonds. The number of hydrogen-bond acceptors (Lipinski definition) is 3. The monoisotopic (exact) mass is 241 g/mol. The van der Waals surface area contributed by atoms with Crippen LogP contribution in [0.25, 0.3) is 0 Å². The minimum atomic E-state index is -0.145. The Morgan fingerprint density at radius 1 is 1.22 bits per heavy atom. The standard InChI is InChI=1S/C15H15NO2/c1-11(17)13-6-5-7-14(10-13)18-12(2)15-8-3-4-9-16-15/h3-10,12H,1-2H3. The fourth-order valence-corrected chi connectivity index (χ4v) is 1.67. The molecule has 0 aliphatic rings. The molecule has 3 nitrogen and oxygen atoms in total. The fraction of sp³-hybridized carbons (Fsp3) is 0.200. The number of ether oxygens (including phenoxy) is 1. The van der Waals surface area contributed by atoms with Crippen molar-refractivity contribution in [2.24, 2.45) is 0 Å². The molecule has 3 heteroatoms. The van der Waals surface area contributed by atoms with Crippen molar-refractivity contribution in [2.75, 3.05) is 0 Å². The number of hydrogen-bond donors (Lipinski definition) is 0. The van der Waals surface area contributed by atoms with Gasteiger partial charge < -0.3 is 4.74 Å². The lowest BCUT2D eigenvalue weighted by atomic mass is 10.1. The van der Waals surface area contributed by atoms with E-state index in [0.29, 0.717) is 11.3 Å². The largest absolute Gasteiger partial charge is 0.484 e. The number of carbonyl (C=O) groups is 1. The molecule has 92 valence electrons. The molecule has 2 rings (SSSR count). The van der Waals surface area contributed by atoms with Crippen LogP contribution in [0.4, 0.5) is 0 Å². The Bertz CT molecular complexity index is 537. The number of nitrogens with zero attached hydrogens (tertiary/aromatic N) is 1. The Morgan fingerprint density at radius 2 is 2.06 bits per heavy atom. The summed E-state index contributed by atoms with van der Waals surface area (Å²) in [7, 11) is 0. The van der Waals surface area contributed by atoms with Crippen LogP contribution < -0.4 is 4.74 Å². The molecule has 0 aliphatic heterocycles. The van der Waals surface area contributed by atoms with Crippen molar-refractivity contribution in [1.29, 1.82) is 0 Å². The molecular weight excluding hydrogens is 226 g/mol. The number of Topliss-reactive ketones (excluding diaryl/α,β-unsaturated/α-hetero) is 1. The van der Waals surface area contributed by atoms with Gasteiger partial charge in [-0.2, -0.15) is 0 Å². The summed E-state index contributed by atoms with van der Waals surface area (Å²) < 4.78 is 5.78. The van der Waals surface area contributed by atoms with Crippen LogP contribution in [0.15, 0.2) is 48.7 Å². The predicted octanol–water partition coefficient (Wildman–Crippen LogP) is 3.42. The van der Waals surface area contributed by atoms with Crippen molar-refractivity contribution in [3.63, 3.8) is 0 Å². The summed E-state index contributed by atoms with van der Waals surface area (Å²) in [5.41, 5.74) is 1.52. The summed E-state index contributed by atoms with van der Waals surface area (Å²) in [5, 5.41) is 0. The summed E-state index contributed by atoms with van der Waals surface area (Å²) in [5.74, 6) is 0.715. The first-order chi connectivity index (χ1) is 8.66. The molecule has 0 saturated carbocycles. The average molecular weight is 241 g/mol. The first-order valence-corrected chi connectivity index (χ1v) is 5.85. The minimum Gasteiger partial charge on any atom is -0.484 e. The van der Waals surface area contributed by atoms with Gasteiger partial charge in [0.05, 0.1) is 5.69 Å². The molecule has 0 fully saturated rings. The van der Waals surface area contributed by atoms with Gasteiger partial charge in [0.1, 0.15) is 11.9 Å². The molecule has 0 N–H and O–H groups in total. The number of aromatic nitrogens is 1. The van der Waals surface area contributed by atoms with Gasteiger partial charge in [-0.1, -0.05) is 18.2 Å². The van der Waals surface area contributed by atoms with E-state index < -0.39 is 0 Å². The topological polar surface area (TPSA) is 39.2 Å². The fourth-order valence-electron chi connectivity index (χ4n) is 1.67. The Labute approximate surface area is 106 Å². The zero-order valence-corrected chi connectivity index (χ0v) is 10.5. The van der Waals surface area contributed by atoms with E-state index in [2.05, 4.69) is 4.98 Å². The van der Waals surface area contributed by atoms with E-state index >= 15 is 0 Å². The van der Waals surface area contributed by atoms with Gasteiger partial charge in [0.25, 0.3) is 0 Å². The van der Waals surface area contributed by atoms with Crippen molar-refractivity contribution >= 4 is 5.78 Å². The van der Waals surface area contributed by atoms with E-state index in [0.717, 1.165) is 5.69 Å². The molecular formula is C15H15NO2. The SMILES string of the molecule is CC(=O)c1cccc(OC(C)c2ccccn2)c1. The normalized spacial score (nSPS) is 11.9. The van der Waals surface area contributed by atoms with Crippen LogP contribution in [0.1, 0.15) is 36.0 Å². The first kappa shape index (κ1) is 12.3. The maximum absolute atomic E-state index is 11.3. The zero-order chi connectivity index (χ0) is 13.0. The molecule has 1 aromatic carbocycles. The number of carbonyl (C=O) groups excluding carboxylic acids is 1. The van der Waals surface area contributed by atoms with Crippen LogP contribution in [-0.4, -0.2) is 10.8 Å². The van der Waals surface area contributed by atoms with Gasteiger partial charge in [-0.25, -0.2) is 0 Å². The smallest absolute Gasteiger partial charge is 0.159 e. The van der Waals surface area contributed by atoms with Crippen molar-refractivity contribution in [1.82, 2.24) is 4.98 Å². The van der Waals surface area contributed by atoms with Gasteiger partial charge in [0.2, 0.25) is 0 Å². The van der Waals surface area contributed by atoms with Crippen LogP contribution in [-0.2, 0) is 0 Å². The van der Waals surface area contributed by atoms with E-state index in [1.807, 2.05) is 37.3 Å². The van der Waals surface area contributed by atoms with Gasteiger partial charge in [0, 0.05) is 11.8 Å². The molecule has 1 aromatic heterocycles. The Balaban J connectivity index is 2.14. The molecule has 0 aliphatic carbocycles. The van der Waals surface area contributed by atoms with Gasteiger partial charge >= 0.3 is 0 Å². The van der Waals surface area contributed by atoms with Crippen LogP contribution in [0.2, 0.25) is 0 Å². The molecule has 0 saturated heterocycles. The molecule has 1 unspecified atom stereocenters. The molecule has 1 atom stereocenters. The van der Waals surface area contributed by atoms with E-state index in [-0.39, 0.29) is 11.9 Å². The second-order valence-electron chi connectivity index (χ2n) is 4.10. The van der Waals surface area contributed by atoms with Crippen LogP contribution >= 0.6 is 0 Å². The highest BCUT2D eigenvalue weighted by molar-refractivity contribution is 5.94. The molecule has 1 heterocycles. The number of benzene rings is 1. The molecule has 0 bridgehead atoms. The third-order valence-electron chi connectivity index (χ3n) is 2.66. The summed E-state index contributed by atoms with van der Waals surface area (Å²) in [6.07, 6.45) is 1.59. The molecule has 0 spiro atoms. The number of rotatable bonds is 4. The highest BCUT2D eigenvalue weighted by Crippen LogP contribution is 2.21. The summed E-state index contributed by atoms with van der Waals surface area (Å²) in [6.45, 7) is 3.48. The van der Waals surface area contributed by atoms with Crippen LogP contribution in [0, 0.1) is 0 Å². The van der Waals surface area contributed by atoms with Crippen molar-refractivity contribution in [3.8, 4) is 5.75 Å². The van der Waals surface area contributed by atoms with Crippen molar-refractivity contribution in [3.05, 3.63) is 59.9 Å². The lowest BCUT2D eigenvalue weighted by Crippen LogP contribution is -2.05. The third kappa shape index (κ3) is 2.94. The lowest BCUT2D eigenvalue weighted by molar-refractivity contribution is 0.101. The Hall–Kier alpha value is -2.16. The van der Waals surface area contributed by atoms with Crippen molar-refractivity contribution < 1.29 is 9.53 Å². The minimum absolute atomic E-state index is 0.0333. The van der Waals surface area contributed by atoms with E-state index in [1.165, 1.54) is 0 Å². The van der Waals surface area contributed by atoms with Crippen LogP contribution in [0.3, 0.4) is 0 Å². The van der Waals surface area contributed by atoms with Crippen molar-refractivity contribution in [2.45, 2.75) is 20.0 Å². The van der Waals surface area contributed by atoms with Gasteiger partial charge in [-0.3, -0.25) is 9.78 Å². The highest BCUT2D eigenvalue weighted by Gasteiger charge is 2.09. The molecule has 2 aromatic rings. The molecule has 18 heavy (non-hydrogen) atoms. The van der Waals surface area contributed by atoms with Gasteiger partial charge in [0.15, 0.2) is 5.78 Å². The van der Waals surface area contributed by atoms with Crippen LogP contribution in [0.5, 0.6) is 5.75 Å². The predicted molar refractivity (Wildman–Crippen MR) is 69.7 cm³/mol. The second kappa shape index (κ2) is 5.45. The Morgan fingerprint density at radius 3 is 2.72 bits per heavy atom. The maximum Gasteiger partial charge on any atom is 0.159 e. The number of pyridine rings is 1. The number of ketones is 1. The highest BCUT2D eigenvalue weighted by atomic mass is 16.5. The maximum atomic E-state index is 11.3. The quantitative estimate of drug-likeness (QED) is 0.770. The second-order valence-corrected chi connectivity index (χ2v) is 4.10.